The lowest BCUT2D eigenvalue weighted by Gasteiger charge is -2.42. The lowest BCUT2D eigenvalue weighted by atomic mass is 9.87. The van der Waals surface area contributed by atoms with Gasteiger partial charge in [0.2, 0.25) is 0 Å². The number of ether oxygens (including phenoxy) is 7. The van der Waals surface area contributed by atoms with Crippen LogP contribution in [0.25, 0.3) is 0 Å². The lowest BCUT2D eigenvalue weighted by Crippen LogP contribution is -2.51. The highest BCUT2D eigenvalue weighted by molar-refractivity contribution is 5.15. The van der Waals surface area contributed by atoms with Crippen LogP contribution in [0.4, 0.5) is 0 Å². The van der Waals surface area contributed by atoms with Crippen LogP contribution in [-0.4, -0.2) is 65.2 Å². The largest absolute Gasteiger partial charge is 0.379 e. The monoisotopic (exact) mass is 674 g/mol. The van der Waals surface area contributed by atoms with E-state index in [9.17, 15) is 0 Å². The van der Waals surface area contributed by atoms with Crippen molar-refractivity contribution in [3.05, 3.63) is 119 Å². The van der Waals surface area contributed by atoms with Crippen molar-refractivity contribution in [2.75, 3.05) is 34.5 Å². The zero-order chi connectivity index (χ0) is 34.8. The summed E-state index contributed by atoms with van der Waals surface area (Å²) in [5.74, 6) is 0.574. The maximum Gasteiger partial charge on any atom is 0.160 e. The molecule has 0 radical (unpaired) electrons. The number of hydrogen-bond donors (Lipinski definition) is 0. The molecule has 7 nitrogen and oxygen atoms in total. The Morgan fingerprint density at radius 2 is 1.33 bits per heavy atom. The molecule has 3 aromatic rings. The van der Waals surface area contributed by atoms with Crippen LogP contribution in [0.5, 0.6) is 0 Å². The van der Waals surface area contributed by atoms with Gasteiger partial charge < -0.3 is 33.2 Å². The van der Waals surface area contributed by atoms with Gasteiger partial charge in [-0.3, -0.25) is 0 Å². The van der Waals surface area contributed by atoms with Crippen LogP contribution >= 0.6 is 0 Å². The van der Waals surface area contributed by atoms with E-state index in [2.05, 4.69) is 63.2 Å². The van der Waals surface area contributed by atoms with E-state index in [4.69, 9.17) is 33.2 Å². The van der Waals surface area contributed by atoms with Gasteiger partial charge in [0.05, 0.1) is 51.3 Å². The summed E-state index contributed by atoms with van der Waals surface area (Å²) in [5, 5.41) is 0. The van der Waals surface area contributed by atoms with Crippen molar-refractivity contribution in [1.82, 2.24) is 0 Å². The number of rotatable bonds is 21. The van der Waals surface area contributed by atoms with E-state index in [1.54, 1.807) is 21.3 Å². The van der Waals surface area contributed by atoms with Crippen molar-refractivity contribution in [2.24, 2.45) is 17.8 Å². The Morgan fingerprint density at radius 3 is 1.86 bits per heavy atom. The molecule has 1 fully saturated rings. The number of hydrogen-bond acceptors (Lipinski definition) is 7. The summed E-state index contributed by atoms with van der Waals surface area (Å²) in [7, 11) is 5.22. The zero-order valence-corrected chi connectivity index (χ0v) is 30.4. The quantitative estimate of drug-likeness (QED) is 0.105. The van der Waals surface area contributed by atoms with Crippen molar-refractivity contribution >= 4 is 0 Å². The Kier molecular flexibility index (Phi) is 17.0. The second-order valence-corrected chi connectivity index (χ2v) is 13.5. The van der Waals surface area contributed by atoms with Crippen LogP contribution < -0.4 is 0 Å². The average molecular weight is 675 g/mol. The van der Waals surface area contributed by atoms with Gasteiger partial charge in [0, 0.05) is 33.2 Å². The molecule has 0 bridgehead atoms. The van der Waals surface area contributed by atoms with Crippen molar-refractivity contribution in [3.8, 4) is 0 Å². The molecule has 0 spiro atoms. The minimum Gasteiger partial charge on any atom is -0.379 e. The minimum absolute atomic E-state index is 0.0166. The molecule has 0 N–H and O–H groups in total. The summed E-state index contributed by atoms with van der Waals surface area (Å²) in [5.41, 5.74) is 4.69. The van der Waals surface area contributed by atoms with Crippen LogP contribution in [0.2, 0.25) is 0 Å². The topological polar surface area (TPSA) is 64.6 Å². The predicted molar refractivity (Wildman–Crippen MR) is 194 cm³/mol. The molecule has 4 rings (SSSR count). The maximum atomic E-state index is 6.64. The first-order valence-corrected chi connectivity index (χ1v) is 17.7. The molecular formula is C42H58O7. The highest BCUT2D eigenvalue weighted by atomic mass is 16.7. The van der Waals surface area contributed by atoms with E-state index in [0.717, 1.165) is 36.0 Å². The zero-order valence-electron chi connectivity index (χ0n) is 30.4. The molecule has 0 unspecified atom stereocenters. The van der Waals surface area contributed by atoms with Crippen molar-refractivity contribution in [2.45, 2.75) is 90.6 Å². The molecule has 49 heavy (non-hydrogen) atoms. The van der Waals surface area contributed by atoms with Gasteiger partial charge in [-0.25, -0.2) is 0 Å². The van der Waals surface area contributed by atoms with E-state index in [1.165, 1.54) is 5.57 Å². The van der Waals surface area contributed by atoms with Gasteiger partial charge in [0.25, 0.3) is 0 Å². The average Bonchev–Trinajstić information content (AvgIpc) is 3.12. The van der Waals surface area contributed by atoms with Crippen molar-refractivity contribution in [1.29, 1.82) is 0 Å². The number of benzene rings is 3. The normalized spacial score (nSPS) is 22.4. The van der Waals surface area contributed by atoms with Crippen LogP contribution in [0.15, 0.2) is 103 Å². The third-order valence-corrected chi connectivity index (χ3v) is 9.33. The molecule has 3 aromatic carbocycles. The summed E-state index contributed by atoms with van der Waals surface area (Å²) in [6, 6.07) is 30.9. The maximum absolute atomic E-state index is 6.64. The molecule has 8 atom stereocenters. The van der Waals surface area contributed by atoms with E-state index in [-0.39, 0.29) is 42.5 Å². The van der Waals surface area contributed by atoms with Gasteiger partial charge in [-0.15, -0.1) is 0 Å². The molecule has 7 heteroatoms. The van der Waals surface area contributed by atoms with E-state index in [1.807, 2.05) is 54.6 Å². The van der Waals surface area contributed by atoms with Gasteiger partial charge in [0.15, 0.2) is 6.29 Å². The Balaban J connectivity index is 1.48. The van der Waals surface area contributed by atoms with Crippen LogP contribution in [0.3, 0.4) is 0 Å². The lowest BCUT2D eigenvalue weighted by molar-refractivity contribution is -0.263. The van der Waals surface area contributed by atoms with Crippen molar-refractivity contribution in [3.63, 3.8) is 0 Å². The molecular weight excluding hydrogens is 616 g/mol. The third-order valence-electron chi connectivity index (χ3n) is 9.33. The third kappa shape index (κ3) is 13.1. The summed E-state index contributed by atoms with van der Waals surface area (Å²) in [6.07, 6.45) is 4.12. The highest BCUT2D eigenvalue weighted by Crippen LogP contribution is 2.33. The van der Waals surface area contributed by atoms with E-state index < -0.39 is 0 Å². The smallest absolute Gasteiger partial charge is 0.160 e. The van der Waals surface area contributed by atoms with Crippen LogP contribution in [0.1, 0.15) is 56.7 Å². The number of methoxy groups -OCH3 is 3. The minimum atomic E-state index is -0.264. The van der Waals surface area contributed by atoms with Gasteiger partial charge >= 0.3 is 0 Å². The van der Waals surface area contributed by atoms with E-state index >= 15 is 0 Å². The first-order valence-electron chi connectivity index (χ1n) is 17.7. The first-order chi connectivity index (χ1) is 23.9. The fourth-order valence-corrected chi connectivity index (χ4v) is 6.75. The highest BCUT2D eigenvalue weighted by Gasteiger charge is 2.41. The molecule has 268 valence electrons. The summed E-state index contributed by atoms with van der Waals surface area (Å²) in [4.78, 5) is 0. The SMILES string of the molecule is CO[C@H]1O[C@H]([C@H](C[C@@H](C)C/C(C)=C/[C@@H](COCc2ccccc2)[C@@H](COCc2ccccc2)OCc2ccccc2)OC)[C@@H](OC)C[C@H]1C. The predicted octanol–water partition coefficient (Wildman–Crippen LogP) is 8.41. The van der Waals surface area contributed by atoms with Gasteiger partial charge in [-0.05, 0) is 48.8 Å². The van der Waals surface area contributed by atoms with Gasteiger partial charge in [-0.2, -0.15) is 0 Å². The van der Waals surface area contributed by atoms with Crippen LogP contribution in [-0.2, 0) is 53.0 Å². The molecule has 1 aliphatic rings. The molecule has 0 saturated carbocycles. The molecule has 1 aliphatic heterocycles. The fourth-order valence-electron chi connectivity index (χ4n) is 6.75. The molecule has 1 saturated heterocycles. The molecule has 0 amide bonds. The Labute approximate surface area is 294 Å². The molecule has 0 aromatic heterocycles. The second-order valence-electron chi connectivity index (χ2n) is 13.5. The summed E-state index contributed by atoms with van der Waals surface area (Å²) in [6.45, 7) is 9.14. The molecule has 1 heterocycles. The fraction of sp³-hybridized carbons (Fsp3) is 0.524. The first kappa shape index (κ1) is 38.9. The summed E-state index contributed by atoms with van der Waals surface area (Å²) >= 11 is 0. The second kappa shape index (κ2) is 21.4. The number of allylic oxidation sites excluding steroid dienone is 1. The Bertz CT molecular complexity index is 1320. The summed E-state index contributed by atoms with van der Waals surface area (Å²) < 4.78 is 43.2. The standard InChI is InChI=1S/C42H58O7/c1-31(22-32(2)24-38(43-4)41-39(44-5)25-33(3)42(45-6)49-41)23-37(29-46-26-34-16-10-7-11-17-34)40(48-28-36-20-14-9-15-21-36)30-47-27-35-18-12-8-13-19-35/h7-21,23,32-33,37-42H,22,24-30H2,1-6H3/b31-23+/t32-,33+,37-,38-,39-,40+,41+,42-/m0/s1. The Morgan fingerprint density at radius 1 is 0.776 bits per heavy atom. The van der Waals surface area contributed by atoms with E-state index in [0.29, 0.717) is 39.0 Å². The van der Waals surface area contributed by atoms with Gasteiger partial charge in [-0.1, -0.05) is 116 Å². The molecule has 0 aliphatic carbocycles. The van der Waals surface area contributed by atoms with Crippen LogP contribution in [0, 0.1) is 17.8 Å². The van der Waals surface area contributed by atoms with Gasteiger partial charge in [0.1, 0.15) is 6.10 Å². The Hall–Kier alpha value is -2.88. The van der Waals surface area contributed by atoms with Crippen molar-refractivity contribution < 1.29 is 33.2 Å².